The molecule has 1 aliphatic carbocycles. The van der Waals surface area contributed by atoms with Crippen molar-refractivity contribution in [3.05, 3.63) is 29.8 Å². The molecule has 1 atom stereocenters. The molecule has 2 aliphatic rings. The van der Waals surface area contributed by atoms with Gasteiger partial charge in [0.05, 0.1) is 11.5 Å². The molecule has 7 nitrogen and oxygen atoms in total. The number of alkyl halides is 3. The fourth-order valence-corrected chi connectivity index (χ4v) is 4.33. The van der Waals surface area contributed by atoms with Gasteiger partial charge in [-0.25, -0.2) is 4.79 Å². The van der Waals surface area contributed by atoms with Gasteiger partial charge < -0.3 is 24.7 Å². The first kappa shape index (κ1) is 22.2. The summed E-state index contributed by atoms with van der Waals surface area (Å²) in [4.78, 5) is 27.2. The second-order valence-corrected chi connectivity index (χ2v) is 7.81. The van der Waals surface area contributed by atoms with Crippen LogP contribution in [-0.4, -0.2) is 70.2 Å². The molecule has 1 aliphatic heterocycles. The first-order chi connectivity index (χ1) is 14.1. The molecular formula is C20H25F3N2O5. The maximum absolute atomic E-state index is 13.4. The summed E-state index contributed by atoms with van der Waals surface area (Å²) in [7, 11) is 0. The second-order valence-electron chi connectivity index (χ2n) is 7.81. The highest BCUT2D eigenvalue weighted by Crippen LogP contribution is 2.42. The number of nitrogens with zero attached hydrogens (tertiary/aromatic N) is 2. The van der Waals surface area contributed by atoms with E-state index < -0.39 is 35.6 Å². The zero-order valence-corrected chi connectivity index (χ0v) is 16.4. The quantitative estimate of drug-likeness (QED) is 0.766. The minimum atomic E-state index is -4.87. The van der Waals surface area contributed by atoms with Gasteiger partial charge in [0.2, 0.25) is 5.91 Å². The van der Waals surface area contributed by atoms with Crippen molar-refractivity contribution in [3.63, 3.8) is 0 Å². The van der Waals surface area contributed by atoms with Crippen LogP contribution in [0.15, 0.2) is 24.3 Å². The monoisotopic (exact) mass is 430 g/mol. The van der Waals surface area contributed by atoms with Crippen molar-refractivity contribution in [2.75, 3.05) is 26.2 Å². The fourth-order valence-electron chi connectivity index (χ4n) is 4.33. The van der Waals surface area contributed by atoms with E-state index in [0.29, 0.717) is 25.7 Å². The van der Waals surface area contributed by atoms with Gasteiger partial charge in [0.1, 0.15) is 5.75 Å². The summed E-state index contributed by atoms with van der Waals surface area (Å²) in [5.41, 5.74) is -1.12. The first-order valence-electron chi connectivity index (χ1n) is 9.94. The lowest BCUT2D eigenvalue weighted by atomic mass is 9.72. The highest BCUT2D eigenvalue weighted by atomic mass is 19.4. The molecule has 2 amide bonds. The minimum absolute atomic E-state index is 0.142. The van der Waals surface area contributed by atoms with Crippen LogP contribution in [0.4, 0.5) is 18.0 Å². The average Bonchev–Trinajstić information content (AvgIpc) is 2.67. The van der Waals surface area contributed by atoms with Crippen LogP contribution in [0.25, 0.3) is 0 Å². The van der Waals surface area contributed by atoms with Gasteiger partial charge in [0.15, 0.2) is 0 Å². The van der Waals surface area contributed by atoms with Crippen molar-refractivity contribution in [2.45, 2.75) is 50.0 Å². The van der Waals surface area contributed by atoms with Crippen LogP contribution in [0.5, 0.6) is 5.75 Å². The largest absolute Gasteiger partial charge is 0.573 e. The normalized spacial score (nSPS) is 20.5. The summed E-state index contributed by atoms with van der Waals surface area (Å²) in [6.07, 6.45) is -2.87. The molecular weight excluding hydrogens is 405 g/mol. The Morgan fingerprint density at radius 2 is 1.63 bits per heavy atom. The number of aliphatic hydroxyl groups is 1. The lowest BCUT2D eigenvalue weighted by Crippen LogP contribution is -2.54. The zero-order chi connectivity index (χ0) is 21.9. The molecule has 0 radical (unpaired) electrons. The van der Waals surface area contributed by atoms with Gasteiger partial charge in [-0.3, -0.25) is 4.79 Å². The molecule has 0 spiro atoms. The van der Waals surface area contributed by atoms with Crippen molar-refractivity contribution in [1.82, 2.24) is 9.80 Å². The smallest absolute Gasteiger partial charge is 0.465 e. The predicted molar refractivity (Wildman–Crippen MR) is 100 cm³/mol. The van der Waals surface area contributed by atoms with E-state index in [-0.39, 0.29) is 31.7 Å². The minimum Gasteiger partial charge on any atom is -0.465 e. The predicted octanol–water partition coefficient (Wildman–Crippen LogP) is 3.19. The highest BCUT2D eigenvalue weighted by molar-refractivity contribution is 5.85. The van der Waals surface area contributed by atoms with Crippen LogP contribution < -0.4 is 4.74 Å². The third-order valence-electron chi connectivity index (χ3n) is 5.79. The average molecular weight is 430 g/mol. The lowest BCUT2D eigenvalue weighted by molar-refractivity contribution is -0.274. The van der Waals surface area contributed by atoms with Gasteiger partial charge >= 0.3 is 12.5 Å². The van der Waals surface area contributed by atoms with Gasteiger partial charge in [-0.05, 0) is 30.5 Å². The van der Waals surface area contributed by atoms with Gasteiger partial charge in [0, 0.05) is 26.2 Å². The number of carbonyl (C=O) groups excluding carboxylic acids is 1. The number of ether oxygens (including phenoxy) is 1. The number of carbonyl (C=O) groups is 2. The van der Waals surface area contributed by atoms with Crippen molar-refractivity contribution < 1.29 is 37.7 Å². The summed E-state index contributed by atoms with van der Waals surface area (Å²) < 4.78 is 42.0. The highest BCUT2D eigenvalue weighted by Gasteiger charge is 2.45. The molecule has 30 heavy (non-hydrogen) atoms. The molecule has 1 aromatic carbocycles. The van der Waals surface area contributed by atoms with E-state index in [9.17, 15) is 27.9 Å². The Morgan fingerprint density at radius 3 is 2.20 bits per heavy atom. The Morgan fingerprint density at radius 1 is 1.03 bits per heavy atom. The number of halogens is 3. The maximum Gasteiger partial charge on any atom is 0.573 e. The summed E-state index contributed by atoms with van der Waals surface area (Å²) in [6.45, 7) is 0.611. The van der Waals surface area contributed by atoms with Crippen molar-refractivity contribution in [1.29, 1.82) is 0 Å². The number of hydrogen-bond donors (Lipinski definition) is 2. The molecule has 3 rings (SSSR count). The van der Waals surface area contributed by atoms with Crippen LogP contribution in [0, 0.1) is 0 Å². The molecule has 1 saturated carbocycles. The zero-order valence-electron chi connectivity index (χ0n) is 16.4. The van der Waals surface area contributed by atoms with Crippen LogP contribution in [0.2, 0.25) is 0 Å². The summed E-state index contributed by atoms with van der Waals surface area (Å²) >= 11 is 0. The van der Waals surface area contributed by atoms with E-state index in [1.165, 1.54) is 21.9 Å². The van der Waals surface area contributed by atoms with Crippen molar-refractivity contribution in [3.8, 4) is 5.75 Å². The number of rotatable bonds is 4. The Kier molecular flexibility index (Phi) is 6.44. The summed E-state index contributed by atoms with van der Waals surface area (Å²) in [6, 6.07) is 5.18. The molecule has 1 heterocycles. The Bertz CT molecular complexity index is 772. The van der Waals surface area contributed by atoms with Crippen LogP contribution in [0.1, 0.15) is 43.6 Å². The Balaban J connectivity index is 1.89. The van der Waals surface area contributed by atoms with E-state index in [1.54, 1.807) is 0 Å². The number of piperazine rings is 1. The van der Waals surface area contributed by atoms with Crippen LogP contribution >= 0.6 is 0 Å². The molecule has 10 heteroatoms. The Labute approximate surface area is 172 Å². The van der Waals surface area contributed by atoms with Gasteiger partial charge in [-0.2, -0.15) is 0 Å². The van der Waals surface area contributed by atoms with E-state index in [4.69, 9.17) is 5.11 Å². The van der Waals surface area contributed by atoms with E-state index in [0.717, 1.165) is 18.6 Å². The third kappa shape index (κ3) is 5.16. The fraction of sp³-hybridized carbons (Fsp3) is 0.600. The number of hydrogen-bond acceptors (Lipinski definition) is 4. The van der Waals surface area contributed by atoms with Gasteiger partial charge in [-0.15, -0.1) is 13.2 Å². The summed E-state index contributed by atoms with van der Waals surface area (Å²) in [5, 5.41) is 20.4. The Hall–Kier alpha value is -2.49. The van der Waals surface area contributed by atoms with E-state index >= 15 is 0 Å². The van der Waals surface area contributed by atoms with Crippen molar-refractivity contribution in [2.24, 2.45) is 0 Å². The molecule has 0 aromatic heterocycles. The SMILES string of the molecule is O=C(O)N1CCN(C(=O)[C@@H](c2cccc(OC(F)(F)F)c2)C2(O)CCCCC2)CC1. The van der Waals surface area contributed by atoms with Gasteiger partial charge in [-0.1, -0.05) is 31.4 Å². The molecule has 1 aromatic rings. The first-order valence-corrected chi connectivity index (χ1v) is 9.94. The topological polar surface area (TPSA) is 90.3 Å². The number of amides is 2. The molecule has 2 N–H and O–H groups in total. The van der Waals surface area contributed by atoms with E-state index in [1.807, 2.05) is 0 Å². The van der Waals surface area contributed by atoms with Gasteiger partial charge in [0.25, 0.3) is 0 Å². The number of carboxylic acid groups (broad SMARTS) is 1. The molecule has 1 saturated heterocycles. The molecule has 0 unspecified atom stereocenters. The van der Waals surface area contributed by atoms with Crippen molar-refractivity contribution >= 4 is 12.0 Å². The second kappa shape index (κ2) is 8.71. The maximum atomic E-state index is 13.4. The molecule has 2 fully saturated rings. The number of benzene rings is 1. The van der Waals surface area contributed by atoms with E-state index in [2.05, 4.69) is 4.74 Å². The standard InChI is InChI=1S/C20H25F3N2O5/c21-20(22,23)30-15-6-4-5-14(13-15)16(19(29)7-2-1-3-8-19)17(26)24-9-11-25(12-10-24)18(27)28/h4-6,13,16,29H,1-3,7-12H2,(H,27,28)/t16-/m1/s1. The third-order valence-corrected chi connectivity index (χ3v) is 5.79. The van der Waals surface area contributed by atoms with Crippen LogP contribution in [0.3, 0.4) is 0 Å². The molecule has 0 bridgehead atoms. The van der Waals surface area contributed by atoms with Crippen LogP contribution in [-0.2, 0) is 4.79 Å². The summed E-state index contributed by atoms with van der Waals surface area (Å²) in [5.74, 6) is -1.91. The molecule has 166 valence electrons. The lowest BCUT2D eigenvalue weighted by Gasteiger charge is -2.42.